The summed E-state index contributed by atoms with van der Waals surface area (Å²) in [5.41, 5.74) is 5.30. The van der Waals surface area contributed by atoms with E-state index < -0.39 is 5.97 Å². The molecule has 0 saturated carbocycles. The number of para-hydroxylation sites is 1. The Hall–Kier alpha value is -3.72. The van der Waals surface area contributed by atoms with Crippen LogP contribution in [0.25, 0.3) is 0 Å². The molecule has 2 amide bonds. The van der Waals surface area contributed by atoms with Gasteiger partial charge in [-0.2, -0.15) is 5.10 Å². The van der Waals surface area contributed by atoms with E-state index in [1.807, 2.05) is 61.0 Å². The van der Waals surface area contributed by atoms with Gasteiger partial charge < -0.3 is 15.0 Å². The maximum atomic E-state index is 12.6. The van der Waals surface area contributed by atoms with Gasteiger partial charge in [-0.05, 0) is 56.2 Å². The molecule has 0 spiro atoms. The van der Waals surface area contributed by atoms with Crippen molar-refractivity contribution in [1.29, 1.82) is 0 Å². The quantitative estimate of drug-likeness (QED) is 0.599. The van der Waals surface area contributed by atoms with Gasteiger partial charge in [0.25, 0.3) is 5.91 Å². The Balaban J connectivity index is 1.19. The fourth-order valence-electron chi connectivity index (χ4n) is 4.38. The molecular formula is C27H33N5O4. The van der Waals surface area contributed by atoms with Crippen LogP contribution < -0.4 is 10.3 Å². The smallest absolute Gasteiger partial charge is 0.338 e. The summed E-state index contributed by atoms with van der Waals surface area (Å²) < 4.78 is 5.26. The fraction of sp³-hybridized carbons (Fsp3) is 0.407. The van der Waals surface area contributed by atoms with Gasteiger partial charge in [-0.1, -0.05) is 18.2 Å². The third-order valence-corrected chi connectivity index (χ3v) is 6.54. The van der Waals surface area contributed by atoms with E-state index in [0.717, 1.165) is 41.2 Å². The van der Waals surface area contributed by atoms with E-state index in [1.54, 1.807) is 17.0 Å². The van der Waals surface area contributed by atoms with Gasteiger partial charge in [-0.25, -0.2) is 4.79 Å². The van der Waals surface area contributed by atoms with E-state index in [2.05, 4.69) is 10.4 Å². The number of esters is 1. The highest BCUT2D eigenvalue weighted by Gasteiger charge is 2.24. The van der Waals surface area contributed by atoms with Crippen LogP contribution in [0.5, 0.6) is 0 Å². The predicted octanol–water partition coefficient (Wildman–Crippen LogP) is 2.83. The van der Waals surface area contributed by atoms with Crippen molar-refractivity contribution in [3.05, 3.63) is 59.2 Å². The molecule has 1 saturated heterocycles. The van der Waals surface area contributed by atoms with E-state index in [1.165, 1.54) is 0 Å². The maximum Gasteiger partial charge on any atom is 0.338 e. The van der Waals surface area contributed by atoms with Crippen LogP contribution in [0.4, 0.5) is 11.4 Å². The topological polar surface area (TPSA) is 94.6 Å². The Kier molecular flexibility index (Phi) is 8.00. The zero-order chi connectivity index (χ0) is 25.7. The molecule has 2 aliphatic heterocycles. The number of hydrogen-bond donors (Lipinski definition) is 1. The van der Waals surface area contributed by atoms with Crippen LogP contribution in [-0.4, -0.2) is 79.2 Å². The van der Waals surface area contributed by atoms with Crippen molar-refractivity contribution in [1.82, 2.24) is 9.80 Å². The number of carbonyl (C=O) groups is 3. The number of nitrogens with zero attached hydrogens (tertiary/aromatic N) is 4. The molecular weight excluding hydrogens is 458 g/mol. The highest BCUT2D eigenvalue weighted by atomic mass is 16.5. The number of anilines is 2. The highest BCUT2D eigenvalue weighted by molar-refractivity contribution is 5.94. The summed E-state index contributed by atoms with van der Waals surface area (Å²) in [4.78, 5) is 41.2. The van der Waals surface area contributed by atoms with Crippen molar-refractivity contribution >= 4 is 34.9 Å². The number of rotatable bonds is 7. The lowest BCUT2D eigenvalue weighted by atomic mass is 10.1. The Bertz CT molecular complexity index is 1130. The minimum absolute atomic E-state index is 0.0706. The molecule has 9 heteroatoms. The highest BCUT2D eigenvalue weighted by Crippen LogP contribution is 2.21. The molecule has 36 heavy (non-hydrogen) atoms. The van der Waals surface area contributed by atoms with Crippen LogP contribution >= 0.6 is 0 Å². The number of benzene rings is 2. The Labute approximate surface area is 211 Å². The summed E-state index contributed by atoms with van der Waals surface area (Å²) in [5.74, 6) is -0.835. The van der Waals surface area contributed by atoms with Gasteiger partial charge in [0.15, 0.2) is 6.61 Å². The van der Waals surface area contributed by atoms with Gasteiger partial charge in [-0.15, -0.1) is 0 Å². The third-order valence-electron chi connectivity index (χ3n) is 6.54. The van der Waals surface area contributed by atoms with Crippen molar-refractivity contribution in [3.63, 3.8) is 0 Å². The van der Waals surface area contributed by atoms with Gasteiger partial charge in [0, 0.05) is 50.5 Å². The second-order valence-electron chi connectivity index (χ2n) is 9.30. The first kappa shape index (κ1) is 25.4. The van der Waals surface area contributed by atoms with Crippen LogP contribution in [0, 0.1) is 13.8 Å². The molecule has 0 radical (unpaired) electrons. The summed E-state index contributed by atoms with van der Waals surface area (Å²) >= 11 is 0. The number of hydrogen-bond acceptors (Lipinski definition) is 7. The van der Waals surface area contributed by atoms with Crippen LogP contribution in [0.15, 0.2) is 47.6 Å². The lowest BCUT2D eigenvalue weighted by Gasteiger charge is -2.34. The number of aryl methyl sites for hydroxylation is 2. The lowest BCUT2D eigenvalue weighted by molar-refractivity contribution is -0.136. The number of ether oxygens (including phenoxy) is 1. The summed E-state index contributed by atoms with van der Waals surface area (Å²) in [6.07, 6.45) is 0.931. The van der Waals surface area contributed by atoms with E-state index >= 15 is 0 Å². The van der Waals surface area contributed by atoms with E-state index in [4.69, 9.17) is 4.74 Å². The van der Waals surface area contributed by atoms with E-state index in [-0.39, 0.29) is 25.0 Å². The van der Waals surface area contributed by atoms with Crippen molar-refractivity contribution in [3.8, 4) is 0 Å². The first-order chi connectivity index (χ1) is 17.3. The normalized spacial score (nSPS) is 16.0. The van der Waals surface area contributed by atoms with Gasteiger partial charge in [0.05, 0.1) is 17.8 Å². The van der Waals surface area contributed by atoms with Gasteiger partial charge >= 0.3 is 5.97 Å². The van der Waals surface area contributed by atoms with E-state index in [0.29, 0.717) is 31.7 Å². The summed E-state index contributed by atoms with van der Waals surface area (Å²) in [6, 6.07) is 12.9. The molecule has 1 N–H and O–H groups in total. The first-order valence-electron chi connectivity index (χ1n) is 12.2. The Morgan fingerprint density at radius 3 is 2.19 bits per heavy atom. The van der Waals surface area contributed by atoms with Crippen LogP contribution in [0.1, 0.15) is 34.8 Å². The number of nitrogens with one attached hydrogen (secondary N) is 1. The molecule has 1 fully saturated rings. The molecule has 0 aliphatic carbocycles. The van der Waals surface area contributed by atoms with Crippen LogP contribution in [-0.2, 0) is 14.3 Å². The molecule has 2 heterocycles. The summed E-state index contributed by atoms with van der Waals surface area (Å²) in [7, 11) is 0. The zero-order valence-corrected chi connectivity index (χ0v) is 21.1. The number of carbonyl (C=O) groups excluding carboxylic acids is 3. The van der Waals surface area contributed by atoms with Crippen molar-refractivity contribution in [2.75, 3.05) is 56.2 Å². The molecule has 2 aromatic carbocycles. The zero-order valence-electron chi connectivity index (χ0n) is 21.1. The Morgan fingerprint density at radius 1 is 0.917 bits per heavy atom. The van der Waals surface area contributed by atoms with Crippen molar-refractivity contribution < 1.29 is 19.1 Å². The van der Waals surface area contributed by atoms with E-state index in [9.17, 15) is 14.4 Å². The van der Waals surface area contributed by atoms with Crippen LogP contribution in [0.3, 0.4) is 0 Å². The standard InChI is InChI=1S/C27H33N5O4/c1-19-5-4-6-20(2)26(19)28-24(33)17-30-13-15-31(16-14-30)25(34)18-36-27(35)22-7-9-23(10-8-22)32-12-11-21(3)29-32/h4-10H,11-18H2,1-3H3,(H,28,33). The average molecular weight is 492 g/mol. The molecule has 0 unspecified atom stereocenters. The van der Waals surface area contributed by atoms with Gasteiger partial charge in [-0.3, -0.25) is 19.5 Å². The predicted molar refractivity (Wildman–Crippen MR) is 139 cm³/mol. The fourth-order valence-corrected chi connectivity index (χ4v) is 4.38. The third kappa shape index (κ3) is 6.28. The lowest BCUT2D eigenvalue weighted by Crippen LogP contribution is -2.51. The maximum absolute atomic E-state index is 12.6. The van der Waals surface area contributed by atoms with Crippen LogP contribution in [0.2, 0.25) is 0 Å². The summed E-state index contributed by atoms with van der Waals surface area (Å²) in [5, 5.41) is 9.35. The molecule has 190 valence electrons. The first-order valence-corrected chi connectivity index (χ1v) is 12.2. The van der Waals surface area contributed by atoms with Gasteiger partial charge in [0.1, 0.15) is 0 Å². The molecule has 4 rings (SSSR count). The molecule has 0 aromatic heterocycles. The SMILES string of the molecule is CC1=NN(c2ccc(C(=O)OCC(=O)N3CCN(CC(=O)Nc4c(C)cccc4C)CC3)cc2)CC1. The minimum Gasteiger partial charge on any atom is -0.452 e. The molecule has 2 aliphatic rings. The number of amides is 2. The molecule has 0 atom stereocenters. The molecule has 2 aromatic rings. The largest absolute Gasteiger partial charge is 0.452 e. The number of hydrazone groups is 1. The van der Waals surface area contributed by atoms with Crippen molar-refractivity contribution in [2.45, 2.75) is 27.2 Å². The van der Waals surface area contributed by atoms with Gasteiger partial charge in [0.2, 0.25) is 5.91 Å². The molecule has 0 bridgehead atoms. The Morgan fingerprint density at radius 2 is 1.58 bits per heavy atom. The average Bonchev–Trinajstić information content (AvgIpc) is 3.31. The molecule has 9 nitrogen and oxygen atoms in total. The second kappa shape index (κ2) is 11.3. The summed E-state index contributed by atoms with van der Waals surface area (Å²) in [6.45, 7) is 8.86. The number of piperazine rings is 1. The second-order valence-corrected chi connectivity index (χ2v) is 9.30. The van der Waals surface area contributed by atoms with Crippen molar-refractivity contribution in [2.24, 2.45) is 5.10 Å². The minimum atomic E-state index is -0.530. The monoisotopic (exact) mass is 491 g/mol.